The molecule has 0 bridgehead atoms. The lowest BCUT2D eigenvalue weighted by Crippen LogP contribution is -2.54. The number of amides is 9. The number of nitrogen functional groups attached to an aromatic ring is 1. The summed E-state index contributed by atoms with van der Waals surface area (Å²) >= 11 is 0. The number of carbonyl (C=O) groups excluding carboxylic acids is 8. The van der Waals surface area contributed by atoms with E-state index < -0.39 is 41.9 Å². The van der Waals surface area contributed by atoms with Crippen molar-refractivity contribution < 1.29 is 43.1 Å². The van der Waals surface area contributed by atoms with Crippen LogP contribution in [-0.4, -0.2) is 109 Å². The Hall–Kier alpha value is -9.02. The molecular formula is C53H64N14O9. The van der Waals surface area contributed by atoms with Crippen molar-refractivity contribution in [1.29, 1.82) is 0 Å². The van der Waals surface area contributed by atoms with Gasteiger partial charge >= 0.3 is 12.1 Å². The third-order valence-electron chi connectivity index (χ3n) is 12.1. The van der Waals surface area contributed by atoms with Crippen LogP contribution in [0.15, 0.2) is 97.7 Å². The van der Waals surface area contributed by atoms with E-state index in [4.69, 9.17) is 16.2 Å². The summed E-state index contributed by atoms with van der Waals surface area (Å²) in [7, 11) is 0. The summed E-state index contributed by atoms with van der Waals surface area (Å²) in [4.78, 5) is 120. The van der Waals surface area contributed by atoms with Gasteiger partial charge in [-0.05, 0) is 67.3 Å². The van der Waals surface area contributed by atoms with Crippen LogP contribution in [0.5, 0.6) is 0 Å². The normalized spacial score (nSPS) is 12.8. The molecule has 1 aliphatic heterocycles. The number of pyridine rings is 1. The van der Waals surface area contributed by atoms with Crippen LogP contribution in [0.2, 0.25) is 0 Å². The molecule has 0 radical (unpaired) electrons. The predicted octanol–water partition coefficient (Wildman–Crippen LogP) is 4.65. The predicted molar refractivity (Wildman–Crippen MR) is 282 cm³/mol. The molecule has 0 aliphatic carbocycles. The summed E-state index contributed by atoms with van der Waals surface area (Å²) in [6.45, 7) is 8.20. The van der Waals surface area contributed by atoms with Crippen LogP contribution < -0.4 is 43.4 Å². The first-order chi connectivity index (χ1) is 36.5. The van der Waals surface area contributed by atoms with E-state index in [1.165, 1.54) is 18.3 Å². The van der Waals surface area contributed by atoms with Crippen LogP contribution in [-0.2, 0) is 41.7 Å². The van der Waals surface area contributed by atoms with Crippen LogP contribution in [0.1, 0.15) is 99.6 Å². The molecule has 23 heteroatoms. The molecule has 5 aromatic rings. The molecule has 0 unspecified atom stereocenters. The van der Waals surface area contributed by atoms with Crippen molar-refractivity contribution in [2.45, 2.75) is 97.2 Å². The van der Waals surface area contributed by atoms with E-state index in [1.54, 1.807) is 62.8 Å². The minimum absolute atomic E-state index is 0.0392. The smallest absolute Gasteiger partial charge is 0.407 e. The minimum atomic E-state index is -1.05. The van der Waals surface area contributed by atoms with Crippen LogP contribution in [0.4, 0.5) is 26.8 Å². The highest BCUT2D eigenvalue weighted by molar-refractivity contribution is 6.13. The van der Waals surface area contributed by atoms with E-state index in [9.17, 15) is 38.4 Å². The fourth-order valence-corrected chi connectivity index (χ4v) is 8.00. The molecule has 6 rings (SSSR count). The average molecular weight is 1040 g/mol. The van der Waals surface area contributed by atoms with Crippen molar-refractivity contribution in [3.63, 3.8) is 0 Å². The molecule has 2 atom stereocenters. The van der Waals surface area contributed by atoms with Gasteiger partial charge in [0.1, 0.15) is 24.5 Å². The number of rotatable bonds is 26. The second kappa shape index (κ2) is 27.3. The molecule has 10 N–H and O–H groups in total. The molecule has 23 nitrogen and oxygen atoms in total. The average Bonchev–Trinajstić information content (AvgIpc) is 4.02. The maximum Gasteiger partial charge on any atom is 0.407 e. The van der Waals surface area contributed by atoms with Gasteiger partial charge in [-0.2, -0.15) is 0 Å². The molecular weight excluding hydrogens is 977 g/mol. The number of nitrogens with zero attached hydrogens (tertiary/aromatic N) is 6. The highest BCUT2D eigenvalue weighted by Crippen LogP contribution is 2.26. The fourth-order valence-electron chi connectivity index (χ4n) is 8.00. The van der Waals surface area contributed by atoms with E-state index in [-0.39, 0.29) is 80.2 Å². The maximum absolute atomic E-state index is 13.6. The van der Waals surface area contributed by atoms with E-state index in [0.29, 0.717) is 66.0 Å². The quantitative estimate of drug-likeness (QED) is 0.0276. The van der Waals surface area contributed by atoms with Crippen molar-refractivity contribution in [1.82, 2.24) is 50.7 Å². The summed E-state index contributed by atoms with van der Waals surface area (Å²) in [5.74, 6) is -2.18. The summed E-state index contributed by atoms with van der Waals surface area (Å²) in [5.41, 5.74) is 15.5. The van der Waals surface area contributed by atoms with Crippen LogP contribution in [0.3, 0.4) is 0 Å². The number of benzene rings is 2. The summed E-state index contributed by atoms with van der Waals surface area (Å²) in [6.07, 6.45) is 12.6. The number of hydrogen-bond donors (Lipinski definition) is 8. The monoisotopic (exact) mass is 1040 g/mol. The Kier molecular flexibility index (Phi) is 20.2. The minimum Gasteiger partial charge on any atom is -0.445 e. The number of carbonyl (C=O) groups is 8. The molecule has 0 saturated carbocycles. The lowest BCUT2D eigenvalue weighted by molar-refractivity contribution is -0.137. The van der Waals surface area contributed by atoms with Crippen LogP contribution in [0.25, 0.3) is 16.9 Å². The second-order valence-electron chi connectivity index (χ2n) is 18.5. The standard InChI is InChI=1S/C53H64N14O9/c1-32(2)45(65-42(68)10-6-5-7-27-67-43(69)19-20-44(67)70)50(72)63-38(9-8-23-58-52(55)74)49(71)61-37-17-13-35(14-18-37)31-76-53(75)59-25-21-34-11-15-36(16-12-34)39-30-60-47(54)46(62-39)51(73)64-40-29-56-24-22-41(40)66-28-26-57-48(66)33(3)4/h11-20,22,24,26,28-30,32-33,38,45H,5-10,21,23,25,27,31H2,1-4H3,(H2,54,60)(H,59,75)(H,61,71)(H,63,72)(H,64,73)(H,65,68)(H3,55,58,74)/t38-,45-/m0/s1. The molecule has 2 aromatic carbocycles. The molecule has 0 fully saturated rings. The number of alkyl carbamates (subject to hydrolysis) is 1. The zero-order valence-electron chi connectivity index (χ0n) is 42.8. The molecule has 1 aliphatic rings. The van der Waals surface area contributed by atoms with Crippen molar-refractivity contribution in [2.24, 2.45) is 11.7 Å². The molecule has 4 heterocycles. The van der Waals surface area contributed by atoms with E-state index in [1.807, 2.05) is 48.9 Å². The largest absolute Gasteiger partial charge is 0.445 e. The Labute approximate surface area is 439 Å². The number of imide groups is 1. The number of unbranched alkanes of at least 4 members (excludes halogenated alkanes) is 2. The first kappa shape index (κ1) is 56.3. The Morgan fingerprint density at radius 2 is 1.47 bits per heavy atom. The molecule has 0 spiro atoms. The third-order valence-corrected chi connectivity index (χ3v) is 12.1. The van der Waals surface area contributed by atoms with Crippen molar-refractivity contribution in [3.05, 3.63) is 120 Å². The first-order valence-corrected chi connectivity index (χ1v) is 24.9. The summed E-state index contributed by atoms with van der Waals surface area (Å²) in [5, 5.41) is 16.4. The fraction of sp³-hybridized carbons (Fsp3) is 0.358. The van der Waals surface area contributed by atoms with Crippen molar-refractivity contribution in [3.8, 4) is 16.9 Å². The van der Waals surface area contributed by atoms with Gasteiger partial charge in [0.05, 0.1) is 29.5 Å². The van der Waals surface area contributed by atoms with Gasteiger partial charge < -0.3 is 52.7 Å². The SMILES string of the molecule is CC(C)c1nccn1-c1ccncc1NC(=O)c1nc(-c2ccc(CCNC(=O)OCc3ccc(NC(=O)[C@H](CCCNC(N)=O)NC(=O)[C@@H](NC(=O)CCCCCN4C(=O)C=CC4=O)C(C)C)cc3)cc2)cnc1N. The van der Waals surface area contributed by atoms with Gasteiger partial charge in [-0.1, -0.05) is 70.5 Å². The number of hydrogen-bond acceptors (Lipinski definition) is 14. The summed E-state index contributed by atoms with van der Waals surface area (Å²) < 4.78 is 7.31. The molecule has 400 valence electrons. The first-order valence-electron chi connectivity index (χ1n) is 24.9. The molecule has 76 heavy (non-hydrogen) atoms. The number of aromatic nitrogens is 5. The van der Waals surface area contributed by atoms with Crippen LogP contribution >= 0.6 is 0 Å². The van der Waals surface area contributed by atoms with E-state index in [0.717, 1.165) is 16.3 Å². The van der Waals surface area contributed by atoms with Gasteiger partial charge in [0.2, 0.25) is 17.7 Å². The number of imidazole rings is 1. The topological polar surface area (TPSA) is 330 Å². The summed E-state index contributed by atoms with van der Waals surface area (Å²) in [6, 6.07) is 13.0. The third kappa shape index (κ3) is 16.2. The van der Waals surface area contributed by atoms with E-state index >= 15 is 0 Å². The number of ether oxygens (including phenoxy) is 1. The zero-order chi connectivity index (χ0) is 54.7. The zero-order valence-corrected chi connectivity index (χ0v) is 42.8. The van der Waals surface area contributed by atoms with E-state index in [2.05, 4.69) is 51.8 Å². The number of anilines is 3. The van der Waals surface area contributed by atoms with Gasteiger partial charge in [0, 0.05) is 74.0 Å². The van der Waals surface area contributed by atoms with Gasteiger partial charge in [-0.25, -0.2) is 24.5 Å². The number of urea groups is 1. The Bertz CT molecular complexity index is 2890. The highest BCUT2D eigenvalue weighted by atomic mass is 16.5. The highest BCUT2D eigenvalue weighted by Gasteiger charge is 2.29. The van der Waals surface area contributed by atoms with Gasteiger partial charge in [-0.3, -0.25) is 38.7 Å². The number of nitrogens with two attached hydrogens (primary N) is 2. The van der Waals surface area contributed by atoms with Gasteiger partial charge in [-0.15, -0.1) is 0 Å². The lowest BCUT2D eigenvalue weighted by Gasteiger charge is -2.25. The molecule has 3 aromatic heterocycles. The number of nitrogens with one attached hydrogen (secondary N) is 6. The Morgan fingerprint density at radius 3 is 2.17 bits per heavy atom. The van der Waals surface area contributed by atoms with Crippen LogP contribution in [0, 0.1) is 5.92 Å². The maximum atomic E-state index is 13.6. The Morgan fingerprint density at radius 1 is 0.750 bits per heavy atom. The molecule has 9 amide bonds. The number of primary amides is 1. The van der Waals surface area contributed by atoms with Gasteiger partial charge in [0.15, 0.2) is 11.5 Å². The Balaban J connectivity index is 0.942. The molecule has 0 saturated heterocycles. The second-order valence-corrected chi connectivity index (χ2v) is 18.5. The van der Waals surface area contributed by atoms with Crippen molar-refractivity contribution >= 4 is 64.8 Å². The van der Waals surface area contributed by atoms with Crippen molar-refractivity contribution in [2.75, 3.05) is 36.0 Å². The lowest BCUT2D eigenvalue weighted by atomic mass is 10.0. The van der Waals surface area contributed by atoms with Gasteiger partial charge in [0.25, 0.3) is 17.7 Å².